The monoisotopic (exact) mass is 346 g/mol. The van der Waals surface area contributed by atoms with E-state index < -0.39 is 0 Å². The summed E-state index contributed by atoms with van der Waals surface area (Å²) in [5.74, 6) is 1.51. The Morgan fingerprint density at radius 1 is 1.21 bits per heavy atom. The highest BCUT2D eigenvalue weighted by Crippen LogP contribution is 2.30. The Balaban J connectivity index is 0.00000208. The third-order valence-electron chi connectivity index (χ3n) is 4.03. The van der Waals surface area contributed by atoms with Gasteiger partial charge in [0.1, 0.15) is 5.75 Å². The number of hydrogen-bond donors (Lipinski definition) is 2. The second-order valence-electron chi connectivity index (χ2n) is 5.95. The molecule has 0 radical (unpaired) electrons. The van der Waals surface area contributed by atoms with E-state index in [0.717, 1.165) is 37.2 Å². The molecule has 5 heteroatoms. The van der Waals surface area contributed by atoms with Gasteiger partial charge in [-0.1, -0.05) is 24.3 Å². The van der Waals surface area contributed by atoms with E-state index in [9.17, 15) is 4.79 Å². The number of para-hydroxylation sites is 2. The van der Waals surface area contributed by atoms with Crippen LogP contribution >= 0.6 is 12.4 Å². The summed E-state index contributed by atoms with van der Waals surface area (Å²) in [5, 5.41) is 6.28. The number of piperidine rings is 1. The van der Waals surface area contributed by atoms with Gasteiger partial charge in [0.2, 0.25) is 5.91 Å². The molecule has 1 aliphatic rings. The van der Waals surface area contributed by atoms with Gasteiger partial charge in [0.15, 0.2) is 5.75 Å². The molecule has 0 unspecified atom stereocenters. The molecule has 0 bridgehead atoms. The van der Waals surface area contributed by atoms with E-state index in [2.05, 4.69) is 10.6 Å². The van der Waals surface area contributed by atoms with Gasteiger partial charge in [-0.15, -0.1) is 12.4 Å². The zero-order valence-electron chi connectivity index (χ0n) is 13.7. The molecule has 1 saturated heterocycles. The molecule has 2 N–H and O–H groups in total. The quantitative estimate of drug-likeness (QED) is 0.874. The van der Waals surface area contributed by atoms with E-state index in [-0.39, 0.29) is 24.2 Å². The Morgan fingerprint density at radius 2 is 2.04 bits per heavy atom. The minimum Gasteiger partial charge on any atom is -0.455 e. The topological polar surface area (TPSA) is 50.4 Å². The Bertz CT molecular complexity index is 685. The molecule has 0 saturated carbocycles. The van der Waals surface area contributed by atoms with Crippen molar-refractivity contribution in [2.45, 2.75) is 19.8 Å². The van der Waals surface area contributed by atoms with Crippen molar-refractivity contribution in [1.29, 1.82) is 0 Å². The Morgan fingerprint density at radius 3 is 2.79 bits per heavy atom. The van der Waals surface area contributed by atoms with Gasteiger partial charge in [-0.2, -0.15) is 0 Å². The first-order chi connectivity index (χ1) is 11.2. The summed E-state index contributed by atoms with van der Waals surface area (Å²) < 4.78 is 5.95. The number of nitrogens with one attached hydrogen (secondary N) is 2. The number of hydrogen-bond acceptors (Lipinski definition) is 3. The van der Waals surface area contributed by atoms with Crippen LogP contribution in [-0.4, -0.2) is 19.0 Å². The summed E-state index contributed by atoms with van der Waals surface area (Å²) in [4.78, 5) is 12.4. The lowest BCUT2D eigenvalue weighted by Gasteiger charge is -2.22. The summed E-state index contributed by atoms with van der Waals surface area (Å²) in [7, 11) is 0. The van der Waals surface area contributed by atoms with E-state index in [4.69, 9.17) is 4.74 Å². The fraction of sp³-hybridized carbons (Fsp3) is 0.316. The fourth-order valence-electron chi connectivity index (χ4n) is 2.78. The number of carbonyl (C=O) groups excluding carboxylic acids is 1. The average molecular weight is 347 g/mol. The highest BCUT2D eigenvalue weighted by molar-refractivity contribution is 5.94. The van der Waals surface area contributed by atoms with Crippen LogP contribution in [-0.2, 0) is 4.79 Å². The normalized spacial score (nSPS) is 16.8. The highest BCUT2D eigenvalue weighted by atomic mass is 35.5. The van der Waals surface area contributed by atoms with Crippen LogP contribution in [0.25, 0.3) is 0 Å². The minimum absolute atomic E-state index is 0. The predicted molar refractivity (Wildman–Crippen MR) is 99.2 cm³/mol. The van der Waals surface area contributed by atoms with Crippen molar-refractivity contribution in [2.24, 2.45) is 5.92 Å². The molecule has 1 atom stereocenters. The minimum atomic E-state index is 0. The zero-order chi connectivity index (χ0) is 16.1. The Hall–Kier alpha value is -2.04. The van der Waals surface area contributed by atoms with Crippen molar-refractivity contribution in [3.8, 4) is 11.5 Å². The number of ether oxygens (including phenoxy) is 1. The standard InChI is InChI=1S/C19H22N2O2.ClH/c1-14-6-4-8-16(12-14)23-18-10-3-2-9-17(18)21-19(22)15-7-5-11-20-13-15;/h2-4,6,8-10,12,15,20H,5,7,11,13H2,1H3,(H,21,22);1H/t15-;/m1./s1. The number of carbonyl (C=O) groups is 1. The fourth-order valence-corrected chi connectivity index (χ4v) is 2.78. The summed E-state index contributed by atoms with van der Waals surface area (Å²) in [6.45, 7) is 3.76. The summed E-state index contributed by atoms with van der Waals surface area (Å²) in [5.41, 5.74) is 1.85. The number of rotatable bonds is 4. The van der Waals surface area contributed by atoms with E-state index in [1.165, 1.54) is 0 Å². The second kappa shape index (κ2) is 8.71. The SMILES string of the molecule is Cc1cccc(Oc2ccccc2NC(=O)[C@@H]2CCCNC2)c1.Cl. The number of benzene rings is 2. The van der Waals surface area contributed by atoms with Crippen LogP contribution in [0.5, 0.6) is 11.5 Å². The van der Waals surface area contributed by atoms with Crippen molar-refractivity contribution >= 4 is 24.0 Å². The molecular formula is C19H23ClN2O2. The molecule has 0 spiro atoms. The molecule has 3 rings (SSSR count). The summed E-state index contributed by atoms with van der Waals surface area (Å²) in [6.07, 6.45) is 1.97. The van der Waals surface area contributed by atoms with Crippen molar-refractivity contribution in [2.75, 3.05) is 18.4 Å². The average Bonchev–Trinajstić information content (AvgIpc) is 2.57. The first-order valence-electron chi connectivity index (χ1n) is 8.07. The zero-order valence-corrected chi connectivity index (χ0v) is 14.6. The number of halogens is 1. The van der Waals surface area contributed by atoms with Crippen LogP contribution in [0.2, 0.25) is 0 Å². The Labute approximate surface area is 149 Å². The molecule has 1 aliphatic heterocycles. The first kappa shape index (κ1) is 18.3. The number of anilines is 1. The maximum atomic E-state index is 12.4. The maximum absolute atomic E-state index is 12.4. The lowest BCUT2D eigenvalue weighted by molar-refractivity contribution is -0.120. The van der Waals surface area contributed by atoms with Crippen LogP contribution < -0.4 is 15.4 Å². The van der Waals surface area contributed by atoms with Gasteiger partial charge in [-0.25, -0.2) is 0 Å². The summed E-state index contributed by atoms with van der Waals surface area (Å²) in [6, 6.07) is 15.4. The van der Waals surface area contributed by atoms with Gasteiger partial charge in [0.05, 0.1) is 11.6 Å². The third-order valence-corrected chi connectivity index (χ3v) is 4.03. The van der Waals surface area contributed by atoms with Crippen LogP contribution in [0.4, 0.5) is 5.69 Å². The van der Waals surface area contributed by atoms with Crippen molar-refractivity contribution in [3.05, 3.63) is 54.1 Å². The smallest absolute Gasteiger partial charge is 0.228 e. The van der Waals surface area contributed by atoms with Gasteiger partial charge in [-0.3, -0.25) is 4.79 Å². The molecule has 128 valence electrons. The highest BCUT2D eigenvalue weighted by Gasteiger charge is 2.21. The van der Waals surface area contributed by atoms with E-state index in [1.54, 1.807) is 0 Å². The van der Waals surface area contributed by atoms with E-state index in [0.29, 0.717) is 11.4 Å². The number of amides is 1. The molecule has 24 heavy (non-hydrogen) atoms. The maximum Gasteiger partial charge on any atom is 0.228 e. The molecule has 2 aromatic carbocycles. The van der Waals surface area contributed by atoms with E-state index in [1.807, 2.05) is 55.5 Å². The lowest BCUT2D eigenvalue weighted by atomic mass is 9.99. The van der Waals surface area contributed by atoms with Crippen LogP contribution in [0.1, 0.15) is 18.4 Å². The van der Waals surface area contributed by atoms with Gasteiger partial charge in [-0.05, 0) is 56.1 Å². The molecule has 1 fully saturated rings. The third kappa shape index (κ3) is 4.73. The van der Waals surface area contributed by atoms with Crippen molar-refractivity contribution < 1.29 is 9.53 Å². The van der Waals surface area contributed by atoms with E-state index >= 15 is 0 Å². The molecule has 0 aromatic heterocycles. The first-order valence-corrected chi connectivity index (χ1v) is 8.07. The van der Waals surface area contributed by atoms with Crippen molar-refractivity contribution in [1.82, 2.24) is 5.32 Å². The van der Waals surface area contributed by atoms with Crippen LogP contribution in [0, 0.1) is 12.8 Å². The predicted octanol–water partition coefficient (Wildman–Crippen LogP) is 4.15. The van der Waals surface area contributed by atoms with Gasteiger partial charge in [0, 0.05) is 6.54 Å². The van der Waals surface area contributed by atoms with Crippen LogP contribution in [0.3, 0.4) is 0 Å². The molecular weight excluding hydrogens is 324 g/mol. The van der Waals surface area contributed by atoms with Crippen LogP contribution in [0.15, 0.2) is 48.5 Å². The second-order valence-corrected chi connectivity index (χ2v) is 5.95. The largest absolute Gasteiger partial charge is 0.455 e. The number of aryl methyl sites for hydroxylation is 1. The molecule has 1 amide bonds. The molecule has 4 nitrogen and oxygen atoms in total. The Kier molecular flexibility index (Phi) is 6.64. The van der Waals surface area contributed by atoms with Gasteiger partial charge < -0.3 is 15.4 Å². The van der Waals surface area contributed by atoms with Crippen molar-refractivity contribution in [3.63, 3.8) is 0 Å². The van der Waals surface area contributed by atoms with Gasteiger partial charge in [0.25, 0.3) is 0 Å². The molecule has 0 aliphatic carbocycles. The molecule has 2 aromatic rings. The molecule has 1 heterocycles. The summed E-state index contributed by atoms with van der Waals surface area (Å²) >= 11 is 0. The lowest BCUT2D eigenvalue weighted by Crippen LogP contribution is -2.37. The van der Waals surface area contributed by atoms with Gasteiger partial charge >= 0.3 is 0 Å².